The Morgan fingerprint density at radius 3 is 2.84 bits per heavy atom. The van der Waals surface area contributed by atoms with Gasteiger partial charge in [-0.2, -0.15) is 0 Å². The van der Waals surface area contributed by atoms with Crippen LogP contribution in [0.25, 0.3) is 0 Å². The summed E-state index contributed by atoms with van der Waals surface area (Å²) in [5, 5.41) is 5.94. The highest BCUT2D eigenvalue weighted by molar-refractivity contribution is 9.10. The summed E-state index contributed by atoms with van der Waals surface area (Å²) in [6.45, 7) is 2.10. The van der Waals surface area contributed by atoms with Crippen LogP contribution in [0.3, 0.4) is 0 Å². The van der Waals surface area contributed by atoms with Gasteiger partial charge in [-0.05, 0) is 48.9 Å². The number of amides is 2. The first-order chi connectivity index (χ1) is 11.9. The maximum Gasteiger partial charge on any atom is 0.264 e. The van der Waals surface area contributed by atoms with Crippen molar-refractivity contribution in [2.45, 2.75) is 6.92 Å². The number of hydrogen-bond acceptors (Lipinski definition) is 4. The molecule has 3 rings (SSSR count). The van der Waals surface area contributed by atoms with E-state index >= 15 is 0 Å². The van der Waals surface area contributed by atoms with Gasteiger partial charge in [0.15, 0.2) is 6.61 Å². The molecule has 0 saturated carbocycles. The number of anilines is 3. The number of benzene rings is 2. The van der Waals surface area contributed by atoms with Gasteiger partial charge in [0.05, 0.1) is 12.2 Å². The Kier molecular flexibility index (Phi) is 4.94. The van der Waals surface area contributed by atoms with E-state index in [4.69, 9.17) is 4.74 Å². The van der Waals surface area contributed by atoms with Crippen LogP contribution in [0.15, 0.2) is 40.9 Å². The number of ether oxygens (including phenoxy) is 1. The number of hydrogen-bond donors (Lipinski definition) is 2. The van der Waals surface area contributed by atoms with Gasteiger partial charge in [-0.1, -0.05) is 15.9 Å². The molecule has 0 bridgehead atoms. The van der Waals surface area contributed by atoms with Crippen LogP contribution in [-0.2, 0) is 9.59 Å². The van der Waals surface area contributed by atoms with Crippen LogP contribution in [0.4, 0.5) is 17.1 Å². The summed E-state index contributed by atoms with van der Waals surface area (Å²) in [7, 11) is 1.70. The average Bonchev–Trinajstić information content (AvgIpc) is 2.59. The molecular weight excluding hydrogens is 386 g/mol. The third-order valence-corrected chi connectivity index (χ3v) is 4.45. The van der Waals surface area contributed by atoms with Crippen molar-refractivity contribution in [3.05, 3.63) is 46.4 Å². The molecule has 6 nitrogen and oxygen atoms in total. The van der Waals surface area contributed by atoms with Crippen molar-refractivity contribution in [3.8, 4) is 5.75 Å². The number of fused-ring (bicyclic) bond motifs is 1. The van der Waals surface area contributed by atoms with Gasteiger partial charge in [0.2, 0.25) is 5.91 Å². The van der Waals surface area contributed by atoms with Gasteiger partial charge in [0.1, 0.15) is 5.75 Å². The van der Waals surface area contributed by atoms with Gasteiger partial charge in [-0.25, -0.2) is 0 Å². The lowest BCUT2D eigenvalue weighted by Crippen LogP contribution is -2.35. The van der Waals surface area contributed by atoms with Gasteiger partial charge < -0.3 is 20.3 Å². The number of aryl methyl sites for hydroxylation is 1. The summed E-state index contributed by atoms with van der Waals surface area (Å²) in [6.07, 6.45) is 0. The number of rotatable bonds is 4. The van der Waals surface area contributed by atoms with Crippen molar-refractivity contribution in [2.24, 2.45) is 0 Å². The summed E-state index contributed by atoms with van der Waals surface area (Å²) in [5.74, 6) is 0.402. The van der Waals surface area contributed by atoms with Gasteiger partial charge in [0, 0.05) is 22.9 Å². The first-order valence-corrected chi connectivity index (χ1v) is 8.56. The zero-order valence-electron chi connectivity index (χ0n) is 13.9. The molecule has 0 radical (unpaired) electrons. The van der Waals surface area contributed by atoms with E-state index in [1.807, 2.05) is 31.2 Å². The molecular formula is C18H18BrN3O3. The zero-order valence-corrected chi connectivity index (χ0v) is 15.5. The van der Waals surface area contributed by atoms with E-state index in [2.05, 4.69) is 26.6 Å². The summed E-state index contributed by atoms with van der Waals surface area (Å²) < 4.78 is 6.36. The Balaban J connectivity index is 1.63. The van der Waals surface area contributed by atoms with Crippen LogP contribution >= 0.6 is 15.9 Å². The highest BCUT2D eigenvalue weighted by Crippen LogP contribution is 2.33. The Labute approximate surface area is 154 Å². The molecule has 2 aromatic carbocycles. The largest absolute Gasteiger partial charge is 0.482 e. The predicted molar refractivity (Wildman–Crippen MR) is 101 cm³/mol. The minimum atomic E-state index is -0.149. The second-order valence-corrected chi connectivity index (χ2v) is 6.70. The zero-order chi connectivity index (χ0) is 18.0. The highest BCUT2D eigenvalue weighted by Gasteiger charge is 2.22. The number of carbonyl (C=O) groups is 2. The lowest BCUT2D eigenvalue weighted by atomic mass is 10.2. The van der Waals surface area contributed by atoms with Crippen LogP contribution < -0.4 is 20.3 Å². The van der Waals surface area contributed by atoms with E-state index in [-0.39, 0.29) is 25.0 Å². The quantitative estimate of drug-likeness (QED) is 0.822. The van der Waals surface area contributed by atoms with Crippen LogP contribution in [0.1, 0.15) is 5.56 Å². The van der Waals surface area contributed by atoms with Crippen molar-refractivity contribution in [1.29, 1.82) is 0 Å². The molecule has 25 heavy (non-hydrogen) atoms. The molecule has 1 aliphatic heterocycles. The van der Waals surface area contributed by atoms with Gasteiger partial charge in [-0.3, -0.25) is 9.59 Å². The average molecular weight is 404 g/mol. The van der Waals surface area contributed by atoms with Crippen molar-refractivity contribution in [2.75, 3.05) is 35.7 Å². The third kappa shape index (κ3) is 3.93. The van der Waals surface area contributed by atoms with E-state index < -0.39 is 0 Å². The number of nitrogens with one attached hydrogen (secondary N) is 2. The number of halogens is 1. The molecule has 1 heterocycles. The molecule has 0 aromatic heterocycles. The predicted octanol–water partition coefficient (Wildman–Crippen LogP) is 3.16. The van der Waals surface area contributed by atoms with Crippen molar-refractivity contribution < 1.29 is 14.3 Å². The third-order valence-electron chi connectivity index (χ3n) is 3.96. The monoisotopic (exact) mass is 403 g/mol. The van der Waals surface area contributed by atoms with Crippen molar-refractivity contribution >= 4 is 44.8 Å². The Morgan fingerprint density at radius 2 is 2.08 bits per heavy atom. The summed E-state index contributed by atoms with van der Waals surface area (Å²) >= 11 is 3.40. The smallest absolute Gasteiger partial charge is 0.264 e. The number of nitrogens with zero attached hydrogens (tertiary/aromatic N) is 1. The number of likely N-dealkylation sites (N-methyl/N-ethyl adjacent to an activating group) is 1. The topological polar surface area (TPSA) is 70.7 Å². The van der Waals surface area contributed by atoms with Gasteiger partial charge in [0.25, 0.3) is 5.91 Å². The van der Waals surface area contributed by atoms with Crippen LogP contribution in [0.5, 0.6) is 5.75 Å². The lowest BCUT2D eigenvalue weighted by Gasteiger charge is -2.26. The molecule has 7 heteroatoms. The van der Waals surface area contributed by atoms with Gasteiger partial charge >= 0.3 is 0 Å². The minimum Gasteiger partial charge on any atom is -0.482 e. The maximum atomic E-state index is 12.2. The van der Waals surface area contributed by atoms with E-state index in [0.29, 0.717) is 11.4 Å². The summed E-state index contributed by atoms with van der Waals surface area (Å²) in [4.78, 5) is 25.4. The van der Waals surface area contributed by atoms with Crippen molar-refractivity contribution in [3.63, 3.8) is 0 Å². The molecule has 0 fully saturated rings. The fourth-order valence-corrected chi connectivity index (χ4v) is 3.00. The second-order valence-electron chi connectivity index (χ2n) is 5.78. The normalized spacial score (nSPS) is 13.1. The Bertz CT molecular complexity index is 838. The molecule has 0 spiro atoms. The molecule has 2 N–H and O–H groups in total. The van der Waals surface area contributed by atoms with Crippen LogP contribution in [0, 0.1) is 6.92 Å². The molecule has 1 aliphatic rings. The number of carbonyl (C=O) groups excluding carboxylic acids is 2. The van der Waals surface area contributed by atoms with Crippen LogP contribution in [-0.4, -0.2) is 32.0 Å². The highest BCUT2D eigenvalue weighted by atomic mass is 79.9. The van der Waals surface area contributed by atoms with Gasteiger partial charge in [-0.15, -0.1) is 0 Å². The van der Waals surface area contributed by atoms with E-state index in [1.54, 1.807) is 24.1 Å². The Morgan fingerprint density at radius 1 is 1.28 bits per heavy atom. The molecule has 2 amide bonds. The van der Waals surface area contributed by atoms with E-state index in [0.717, 1.165) is 21.4 Å². The maximum absolute atomic E-state index is 12.2. The van der Waals surface area contributed by atoms with Crippen LogP contribution in [0.2, 0.25) is 0 Å². The fourth-order valence-electron chi connectivity index (χ4n) is 2.53. The van der Waals surface area contributed by atoms with E-state index in [9.17, 15) is 9.59 Å². The standard InChI is InChI=1S/C18H18BrN3O3/c1-11-7-12(19)3-5-14(11)21-17(23)9-20-13-4-6-16-15(8-13)22(2)18(24)10-25-16/h3-8,20H,9-10H2,1-2H3,(H,21,23). The minimum absolute atomic E-state index is 0.0468. The van der Waals surface area contributed by atoms with E-state index in [1.165, 1.54) is 0 Å². The molecule has 0 atom stereocenters. The summed E-state index contributed by atoms with van der Waals surface area (Å²) in [6, 6.07) is 11.1. The van der Waals surface area contributed by atoms with Crippen molar-refractivity contribution in [1.82, 2.24) is 0 Å². The molecule has 0 saturated heterocycles. The summed E-state index contributed by atoms with van der Waals surface area (Å²) in [5.41, 5.74) is 3.19. The Hall–Kier alpha value is -2.54. The first kappa shape index (κ1) is 17.3. The lowest BCUT2D eigenvalue weighted by molar-refractivity contribution is -0.121. The second kappa shape index (κ2) is 7.14. The molecule has 2 aromatic rings. The first-order valence-electron chi connectivity index (χ1n) is 7.77. The SMILES string of the molecule is Cc1cc(Br)ccc1NC(=O)CNc1ccc2c(c1)N(C)C(=O)CO2. The molecule has 0 aliphatic carbocycles. The molecule has 0 unspecified atom stereocenters. The molecule has 130 valence electrons. The fraction of sp³-hybridized carbons (Fsp3) is 0.222.